The van der Waals surface area contributed by atoms with E-state index in [9.17, 15) is 4.79 Å². The summed E-state index contributed by atoms with van der Waals surface area (Å²) in [7, 11) is 0. The molecule has 0 aromatic heterocycles. The first kappa shape index (κ1) is 10.7. The Balaban J connectivity index is 2.71. The fourth-order valence-electron chi connectivity index (χ4n) is 1.12. The van der Waals surface area contributed by atoms with E-state index in [0.717, 1.165) is 5.56 Å². The third-order valence-corrected chi connectivity index (χ3v) is 2.04. The van der Waals surface area contributed by atoms with Crippen LogP contribution in [-0.4, -0.2) is 11.0 Å². The number of amides is 1. The Morgan fingerprint density at radius 2 is 2.00 bits per heavy atom. The fourth-order valence-corrected chi connectivity index (χ4v) is 1.22. The van der Waals surface area contributed by atoms with Gasteiger partial charge >= 0.3 is 0 Å². The molecule has 0 saturated heterocycles. The number of hydrogen-bond acceptors (Lipinski definition) is 2. The maximum atomic E-state index is 11.5. The van der Waals surface area contributed by atoms with Crippen LogP contribution in [0.5, 0.6) is 0 Å². The second kappa shape index (κ2) is 4.72. The van der Waals surface area contributed by atoms with E-state index in [-0.39, 0.29) is 16.9 Å². The van der Waals surface area contributed by atoms with Gasteiger partial charge in [0.05, 0.1) is 5.92 Å². The van der Waals surface area contributed by atoms with E-state index >= 15 is 0 Å². The molecule has 0 bridgehead atoms. The Kier molecular flexibility index (Phi) is 3.59. The zero-order valence-corrected chi connectivity index (χ0v) is 8.67. The van der Waals surface area contributed by atoms with Crippen molar-refractivity contribution < 1.29 is 4.79 Å². The maximum absolute atomic E-state index is 11.5. The van der Waals surface area contributed by atoms with Crippen LogP contribution >= 0.6 is 12.2 Å². The van der Waals surface area contributed by atoms with E-state index in [1.807, 2.05) is 37.3 Å². The van der Waals surface area contributed by atoms with Crippen molar-refractivity contribution in [3.05, 3.63) is 35.9 Å². The number of nitrogens with one attached hydrogen (secondary N) is 1. The van der Waals surface area contributed by atoms with Crippen LogP contribution in [0.3, 0.4) is 0 Å². The summed E-state index contributed by atoms with van der Waals surface area (Å²) in [5.74, 6) is -0.415. The Bertz CT molecular complexity index is 337. The summed E-state index contributed by atoms with van der Waals surface area (Å²) < 4.78 is 0. The summed E-state index contributed by atoms with van der Waals surface area (Å²) in [6.45, 7) is 1.81. The molecular formula is C10H12N2OS. The minimum absolute atomic E-state index is 0.0118. The topological polar surface area (TPSA) is 55.1 Å². The largest absolute Gasteiger partial charge is 0.376 e. The number of benzene rings is 1. The molecule has 0 radical (unpaired) electrons. The van der Waals surface area contributed by atoms with Crippen molar-refractivity contribution in [1.29, 1.82) is 0 Å². The van der Waals surface area contributed by atoms with Crippen molar-refractivity contribution >= 4 is 23.2 Å². The zero-order chi connectivity index (χ0) is 10.6. The van der Waals surface area contributed by atoms with E-state index in [2.05, 4.69) is 17.5 Å². The molecule has 0 saturated carbocycles. The summed E-state index contributed by atoms with van der Waals surface area (Å²) in [4.78, 5) is 11.5. The molecule has 1 atom stereocenters. The molecule has 0 heterocycles. The predicted octanol–water partition coefficient (Wildman–Crippen LogP) is 1.15. The highest BCUT2D eigenvalue weighted by atomic mass is 32.1. The van der Waals surface area contributed by atoms with Gasteiger partial charge in [-0.25, -0.2) is 0 Å². The van der Waals surface area contributed by atoms with Gasteiger partial charge in [-0.15, -0.1) is 0 Å². The zero-order valence-electron chi connectivity index (χ0n) is 7.86. The van der Waals surface area contributed by atoms with Crippen molar-refractivity contribution in [2.45, 2.75) is 12.8 Å². The average molecular weight is 208 g/mol. The van der Waals surface area contributed by atoms with Crippen molar-refractivity contribution in [2.24, 2.45) is 5.73 Å². The third-order valence-electron chi connectivity index (χ3n) is 1.94. The smallest absolute Gasteiger partial charge is 0.233 e. The molecule has 1 aromatic rings. The van der Waals surface area contributed by atoms with Crippen molar-refractivity contribution in [1.82, 2.24) is 5.32 Å². The molecule has 4 heteroatoms. The number of carbonyl (C=O) groups excluding carboxylic acids is 1. The average Bonchev–Trinajstić information content (AvgIpc) is 2.17. The van der Waals surface area contributed by atoms with E-state index in [4.69, 9.17) is 5.73 Å². The maximum Gasteiger partial charge on any atom is 0.233 e. The fraction of sp³-hybridized carbons (Fsp3) is 0.200. The molecule has 0 aliphatic rings. The Morgan fingerprint density at radius 3 is 2.50 bits per heavy atom. The summed E-state index contributed by atoms with van der Waals surface area (Å²) in [5, 5.41) is 2.42. The van der Waals surface area contributed by atoms with Gasteiger partial charge in [0.15, 0.2) is 5.11 Å². The lowest BCUT2D eigenvalue weighted by molar-refractivity contribution is -0.120. The number of thiocarbonyl (C=S) groups is 1. The minimum atomic E-state index is -0.238. The molecule has 0 spiro atoms. The Morgan fingerprint density at radius 1 is 1.43 bits per heavy atom. The van der Waals surface area contributed by atoms with Crippen LogP contribution in [0.4, 0.5) is 0 Å². The molecule has 1 unspecified atom stereocenters. The molecule has 1 aromatic carbocycles. The molecule has 74 valence electrons. The van der Waals surface area contributed by atoms with Gasteiger partial charge in [0.2, 0.25) is 5.91 Å². The summed E-state index contributed by atoms with van der Waals surface area (Å²) in [6, 6.07) is 9.47. The van der Waals surface area contributed by atoms with Gasteiger partial charge in [-0.05, 0) is 24.7 Å². The first-order valence-corrected chi connectivity index (χ1v) is 4.67. The van der Waals surface area contributed by atoms with Crippen LogP contribution in [0, 0.1) is 0 Å². The SMILES string of the molecule is CC(C(=O)NC(N)=S)c1ccccc1. The van der Waals surface area contributed by atoms with Gasteiger partial charge in [-0.2, -0.15) is 0 Å². The summed E-state index contributed by atoms with van der Waals surface area (Å²) >= 11 is 4.59. The van der Waals surface area contributed by atoms with Gasteiger partial charge in [-0.1, -0.05) is 30.3 Å². The summed E-state index contributed by atoms with van der Waals surface area (Å²) in [6.07, 6.45) is 0. The summed E-state index contributed by atoms with van der Waals surface area (Å²) in [5.41, 5.74) is 6.15. The molecule has 0 aliphatic carbocycles. The molecule has 0 fully saturated rings. The number of hydrogen-bond donors (Lipinski definition) is 2. The van der Waals surface area contributed by atoms with E-state index in [0.29, 0.717) is 0 Å². The normalized spacial score (nSPS) is 11.8. The van der Waals surface area contributed by atoms with Gasteiger partial charge in [0, 0.05) is 0 Å². The number of nitrogens with two attached hydrogens (primary N) is 1. The van der Waals surface area contributed by atoms with Gasteiger partial charge in [-0.3, -0.25) is 4.79 Å². The molecule has 3 N–H and O–H groups in total. The molecular weight excluding hydrogens is 196 g/mol. The number of carbonyl (C=O) groups is 1. The first-order valence-electron chi connectivity index (χ1n) is 4.26. The molecule has 3 nitrogen and oxygen atoms in total. The quantitative estimate of drug-likeness (QED) is 0.717. The molecule has 1 rings (SSSR count). The monoisotopic (exact) mass is 208 g/mol. The minimum Gasteiger partial charge on any atom is -0.376 e. The van der Waals surface area contributed by atoms with Crippen LogP contribution in [0.15, 0.2) is 30.3 Å². The van der Waals surface area contributed by atoms with Gasteiger partial charge in [0.1, 0.15) is 0 Å². The van der Waals surface area contributed by atoms with Crippen LogP contribution < -0.4 is 11.1 Å². The van der Waals surface area contributed by atoms with Crippen molar-refractivity contribution in [3.8, 4) is 0 Å². The highest BCUT2D eigenvalue weighted by molar-refractivity contribution is 7.80. The second-order valence-electron chi connectivity index (χ2n) is 2.99. The van der Waals surface area contributed by atoms with Crippen molar-refractivity contribution in [3.63, 3.8) is 0 Å². The Hall–Kier alpha value is -1.42. The standard InChI is InChI=1S/C10H12N2OS/c1-7(9(13)12-10(11)14)8-5-3-2-4-6-8/h2-7H,1H3,(H3,11,12,13,14). The Labute approximate surface area is 88.3 Å². The lowest BCUT2D eigenvalue weighted by Crippen LogP contribution is -2.37. The van der Waals surface area contributed by atoms with E-state index < -0.39 is 0 Å². The van der Waals surface area contributed by atoms with Crippen molar-refractivity contribution in [2.75, 3.05) is 0 Å². The lowest BCUT2D eigenvalue weighted by atomic mass is 10.0. The highest BCUT2D eigenvalue weighted by Gasteiger charge is 2.14. The van der Waals surface area contributed by atoms with Crippen LogP contribution in [0.25, 0.3) is 0 Å². The van der Waals surface area contributed by atoms with Crippen LogP contribution in [0.2, 0.25) is 0 Å². The molecule has 0 aliphatic heterocycles. The van der Waals surface area contributed by atoms with Crippen LogP contribution in [-0.2, 0) is 4.79 Å². The van der Waals surface area contributed by atoms with Gasteiger partial charge < -0.3 is 11.1 Å². The molecule has 1 amide bonds. The predicted molar refractivity (Wildman–Crippen MR) is 59.8 cm³/mol. The molecule has 14 heavy (non-hydrogen) atoms. The second-order valence-corrected chi connectivity index (χ2v) is 3.43. The first-order chi connectivity index (χ1) is 6.61. The van der Waals surface area contributed by atoms with Gasteiger partial charge in [0.25, 0.3) is 0 Å². The number of rotatable bonds is 2. The highest BCUT2D eigenvalue weighted by Crippen LogP contribution is 2.13. The van der Waals surface area contributed by atoms with Crippen LogP contribution in [0.1, 0.15) is 18.4 Å². The lowest BCUT2D eigenvalue weighted by Gasteiger charge is -2.10. The third kappa shape index (κ3) is 2.81. The van der Waals surface area contributed by atoms with E-state index in [1.54, 1.807) is 0 Å². The van der Waals surface area contributed by atoms with E-state index in [1.165, 1.54) is 0 Å².